The van der Waals surface area contributed by atoms with E-state index >= 15 is 0 Å². The van der Waals surface area contributed by atoms with Gasteiger partial charge < -0.3 is 5.32 Å². The number of rotatable bonds is 3. The van der Waals surface area contributed by atoms with Crippen molar-refractivity contribution in [3.8, 4) is 0 Å². The molecule has 0 saturated heterocycles. The zero-order valence-electron chi connectivity index (χ0n) is 11.0. The van der Waals surface area contributed by atoms with Gasteiger partial charge >= 0.3 is 0 Å². The largest absolute Gasteiger partial charge is 0.307 e. The summed E-state index contributed by atoms with van der Waals surface area (Å²) in [6.45, 7) is 2.29. The van der Waals surface area contributed by atoms with Crippen LogP contribution in [0.25, 0.3) is 0 Å². The Hall–Kier alpha value is -0.820. The molecule has 0 spiro atoms. The normalized spacial score (nSPS) is 20.5. The zero-order chi connectivity index (χ0) is 11.9. The van der Waals surface area contributed by atoms with Crippen molar-refractivity contribution in [2.24, 2.45) is 0 Å². The summed E-state index contributed by atoms with van der Waals surface area (Å²) in [5, 5.41) is 3.80. The fourth-order valence-corrected chi connectivity index (χ4v) is 2.81. The lowest BCUT2D eigenvalue weighted by Gasteiger charge is -2.25. The first-order valence-corrected chi connectivity index (χ1v) is 7.17. The van der Waals surface area contributed by atoms with Crippen molar-refractivity contribution >= 4 is 0 Å². The van der Waals surface area contributed by atoms with Crippen molar-refractivity contribution < 1.29 is 0 Å². The van der Waals surface area contributed by atoms with Crippen LogP contribution in [0.4, 0.5) is 0 Å². The van der Waals surface area contributed by atoms with Gasteiger partial charge in [0, 0.05) is 12.1 Å². The molecule has 17 heavy (non-hydrogen) atoms. The van der Waals surface area contributed by atoms with E-state index in [1.54, 1.807) is 0 Å². The number of nitrogens with one attached hydrogen (secondary N) is 1. The van der Waals surface area contributed by atoms with Crippen molar-refractivity contribution in [3.63, 3.8) is 0 Å². The molecule has 0 aromatic heterocycles. The summed E-state index contributed by atoms with van der Waals surface area (Å²) in [5.41, 5.74) is 1.41. The van der Waals surface area contributed by atoms with Gasteiger partial charge in [-0.3, -0.25) is 0 Å². The van der Waals surface area contributed by atoms with Gasteiger partial charge in [-0.05, 0) is 25.3 Å². The molecule has 0 radical (unpaired) electrons. The SMILES string of the molecule is C[C@@H](NC1CCCCCCC1)c1ccccc1. The zero-order valence-corrected chi connectivity index (χ0v) is 11.0. The van der Waals surface area contributed by atoms with E-state index in [0.717, 1.165) is 6.04 Å². The quantitative estimate of drug-likeness (QED) is 0.810. The maximum Gasteiger partial charge on any atom is 0.0294 e. The van der Waals surface area contributed by atoms with E-state index in [4.69, 9.17) is 0 Å². The third kappa shape index (κ3) is 4.16. The van der Waals surface area contributed by atoms with E-state index in [1.165, 1.54) is 50.5 Å². The van der Waals surface area contributed by atoms with Crippen LogP contribution in [-0.4, -0.2) is 6.04 Å². The van der Waals surface area contributed by atoms with Gasteiger partial charge in [0.05, 0.1) is 0 Å². The molecule has 1 nitrogen and oxygen atoms in total. The van der Waals surface area contributed by atoms with E-state index in [2.05, 4.69) is 42.6 Å². The molecule has 1 fully saturated rings. The van der Waals surface area contributed by atoms with Crippen LogP contribution < -0.4 is 5.32 Å². The third-order valence-corrected chi connectivity index (χ3v) is 3.89. The molecule has 1 aromatic carbocycles. The molecule has 2 rings (SSSR count). The number of benzene rings is 1. The molecule has 1 atom stereocenters. The molecule has 0 aliphatic heterocycles. The van der Waals surface area contributed by atoms with E-state index in [9.17, 15) is 0 Å². The minimum atomic E-state index is 0.487. The molecule has 94 valence electrons. The average Bonchev–Trinajstić information content (AvgIpc) is 2.33. The Bertz CT molecular complexity index is 299. The smallest absolute Gasteiger partial charge is 0.0294 e. The van der Waals surface area contributed by atoms with Crippen molar-refractivity contribution in [1.82, 2.24) is 5.32 Å². The Labute approximate surface area is 106 Å². The Kier molecular flexibility index (Phi) is 5.06. The highest BCUT2D eigenvalue weighted by molar-refractivity contribution is 5.18. The predicted octanol–water partition coefficient (Wildman–Crippen LogP) is 4.45. The van der Waals surface area contributed by atoms with Crippen molar-refractivity contribution in [1.29, 1.82) is 0 Å². The lowest BCUT2D eigenvalue weighted by molar-refractivity contribution is 0.363. The van der Waals surface area contributed by atoms with Crippen LogP contribution in [0.15, 0.2) is 30.3 Å². The topological polar surface area (TPSA) is 12.0 Å². The first kappa shape index (κ1) is 12.6. The van der Waals surface area contributed by atoms with Crippen LogP contribution in [0.1, 0.15) is 63.5 Å². The summed E-state index contributed by atoms with van der Waals surface area (Å²) < 4.78 is 0. The van der Waals surface area contributed by atoms with Crippen LogP contribution in [0, 0.1) is 0 Å². The summed E-state index contributed by atoms with van der Waals surface area (Å²) in [6, 6.07) is 12.0. The monoisotopic (exact) mass is 231 g/mol. The molecular formula is C16H25N. The van der Waals surface area contributed by atoms with Crippen LogP contribution in [0.3, 0.4) is 0 Å². The van der Waals surface area contributed by atoms with E-state index in [1.807, 2.05) is 0 Å². The second kappa shape index (κ2) is 6.80. The Morgan fingerprint density at radius 3 is 2.18 bits per heavy atom. The van der Waals surface area contributed by atoms with Crippen LogP contribution >= 0.6 is 0 Å². The Morgan fingerprint density at radius 2 is 1.53 bits per heavy atom. The molecule has 1 heteroatoms. The number of hydrogen-bond acceptors (Lipinski definition) is 1. The van der Waals surface area contributed by atoms with Crippen molar-refractivity contribution in [3.05, 3.63) is 35.9 Å². The molecule has 0 bridgehead atoms. The highest BCUT2D eigenvalue weighted by Crippen LogP contribution is 2.20. The van der Waals surface area contributed by atoms with E-state index < -0.39 is 0 Å². The summed E-state index contributed by atoms with van der Waals surface area (Å²) in [5.74, 6) is 0. The molecular weight excluding hydrogens is 206 g/mol. The summed E-state index contributed by atoms with van der Waals surface area (Å²) >= 11 is 0. The minimum absolute atomic E-state index is 0.487. The highest BCUT2D eigenvalue weighted by atomic mass is 14.9. The molecule has 0 unspecified atom stereocenters. The lowest BCUT2D eigenvalue weighted by atomic mass is 9.95. The Balaban J connectivity index is 1.86. The first-order chi connectivity index (χ1) is 8.36. The second-order valence-corrected chi connectivity index (χ2v) is 5.34. The van der Waals surface area contributed by atoms with Gasteiger partial charge in [0.1, 0.15) is 0 Å². The molecule has 0 amide bonds. The summed E-state index contributed by atoms with van der Waals surface area (Å²) in [4.78, 5) is 0. The molecule has 1 aliphatic rings. The summed E-state index contributed by atoms with van der Waals surface area (Å²) in [6.07, 6.45) is 9.82. The maximum absolute atomic E-state index is 3.80. The molecule has 1 aliphatic carbocycles. The fourth-order valence-electron chi connectivity index (χ4n) is 2.81. The van der Waals surface area contributed by atoms with Gasteiger partial charge in [-0.25, -0.2) is 0 Å². The first-order valence-electron chi connectivity index (χ1n) is 7.17. The lowest BCUT2D eigenvalue weighted by Crippen LogP contribution is -2.32. The molecule has 1 saturated carbocycles. The molecule has 1 aromatic rings. The van der Waals surface area contributed by atoms with Crippen LogP contribution in [0.5, 0.6) is 0 Å². The van der Waals surface area contributed by atoms with Gasteiger partial charge in [0.25, 0.3) is 0 Å². The van der Waals surface area contributed by atoms with Crippen LogP contribution in [0.2, 0.25) is 0 Å². The van der Waals surface area contributed by atoms with Gasteiger partial charge in [-0.15, -0.1) is 0 Å². The van der Waals surface area contributed by atoms with Gasteiger partial charge in [0.15, 0.2) is 0 Å². The van der Waals surface area contributed by atoms with Gasteiger partial charge in [-0.2, -0.15) is 0 Å². The van der Waals surface area contributed by atoms with E-state index in [-0.39, 0.29) is 0 Å². The predicted molar refractivity (Wildman–Crippen MR) is 74.1 cm³/mol. The average molecular weight is 231 g/mol. The van der Waals surface area contributed by atoms with Gasteiger partial charge in [0.2, 0.25) is 0 Å². The van der Waals surface area contributed by atoms with Crippen molar-refractivity contribution in [2.75, 3.05) is 0 Å². The van der Waals surface area contributed by atoms with Crippen molar-refractivity contribution in [2.45, 2.75) is 64.0 Å². The summed E-state index contributed by atoms with van der Waals surface area (Å²) in [7, 11) is 0. The van der Waals surface area contributed by atoms with E-state index in [0.29, 0.717) is 6.04 Å². The third-order valence-electron chi connectivity index (χ3n) is 3.89. The minimum Gasteiger partial charge on any atom is -0.307 e. The Morgan fingerprint density at radius 1 is 0.941 bits per heavy atom. The van der Waals surface area contributed by atoms with Gasteiger partial charge in [-0.1, -0.05) is 62.4 Å². The maximum atomic E-state index is 3.80. The van der Waals surface area contributed by atoms with Crippen LogP contribution in [-0.2, 0) is 0 Å². The fraction of sp³-hybridized carbons (Fsp3) is 0.625. The second-order valence-electron chi connectivity index (χ2n) is 5.34. The standard InChI is InChI=1S/C16H25N/c1-14(15-10-6-5-7-11-15)17-16-12-8-3-2-4-9-13-16/h5-7,10-11,14,16-17H,2-4,8-9,12-13H2,1H3/t14-/m1/s1. The molecule has 1 N–H and O–H groups in total. The highest BCUT2D eigenvalue weighted by Gasteiger charge is 2.14. The molecule has 0 heterocycles. The number of hydrogen-bond donors (Lipinski definition) is 1.